The molecule has 0 unspecified atom stereocenters. The third-order valence-electron chi connectivity index (χ3n) is 4.42. The summed E-state index contributed by atoms with van der Waals surface area (Å²) in [5, 5.41) is 3.21. The molecule has 3 rings (SSSR count). The molecule has 0 saturated heterocycles. The number of nitrogens with zero attached hydrogens (tertiary/aromatic N) is 1. The van der Waals surface area contributed by atoms with Crippen LogP contribution in [0.3, 0.4) is 0 Å². The summed E-state index contributed by atoms with van der Waals surface area (Å²) >= 11 is 6.04. The van der Waals surface area contributed by atoms with Crippen LogP contribution in [-0.2, 0) is 9.53 Å². The van der Waals surface area contributed by atoms with Gasteiger partial charge in [-0.1, -0.05) is 17.7 Å². The topological polar surface area (TPSA) is 60.3 Å². The van der Waals surface area contributed by atoms with Crippen molar-refractivity contribution in [3.63, 3.8) is 0 Å². The van der Waals surface area contributed by atoms with Crippen LogP contribution in [0.4, 0.5) is 5.69 Å². The third-order valence-corrected chi connectivity index (χ3v) is 4.83. The largest absolute Gasteiger partial charge is 0.452 e. The van der Waals surface area contributed by atoms with Gasteiger partial charge in [0, 0.05) is 27.8 Å². The van der Waals surface area contributed by atoms with E-state index in [0.717, 1.165) is 22.6 Å². The minimum absolute atomic E-state index is 0.373. The minimum Gasteiger partial charge on any atom is -0.452 e. The number of hydrogen-bond acceptors (Lipinski definition) is 3. The van der Waals surface area contributed by atoms with Gasteiger partial charge in [-0.2, -0.15) is 0 Å². The molecule has 1 amide bonds. The lowest BCUT2D eigenvalue weighted by Crippen LogP contribution is -2.21. The van der Waals surface area contributed by atoms with E-state index < -0.39 is 11.9 Å². The number of benzene rings is 2. The normalized spacial score (nSPS) is 10.6. The molecule has 0 spiro atoms. The van der Waals surface area contributed by atoms with Crippen LogP contribution in [0.2, 0.25) is 5.02 Å². The van der Waals surface area contributed by atoms with Crippen LogP contribution >= 0.6 is 11.6 Å². The summed E-state index contributed by atoms with van der Waals surface area (Å²) < 4.78 is 7.20. The third kappa shape index (κ3) is 4.43. The Morgan fingerprint density at radius 2 is 1.61 bits per heavy atom. The van der Waals surface area contributed by atoms with E-state index in [2.05, 4.69) is 9.88 Å². The highest BCUT2D eigenvalue weighted by atomic mass is 35.5. The van der Waals surface area contributed by atoms with E-state index in [1.807, 2.05) is 45.0 Å². The fourth-order valence-corrected chi connectivity index (χ4v) is 3.08. The molecule has 0 bridgehead atoms. The van der Waals surface area contributed by atoms with Gasteiger partial charge >= 0.3 is 5.97 Å². The quantitative estimate of drug-likeness (QED) is 0.627. The van der Waals surface area contributed by atoms with E-state index in [9.17, 15) is 9.59 Å². The molecule has 0 saturated carbocycles. The predicted molar refractivity (Wildman–Crippen MR) is 110 cm³/mol. The first-order valence-corrected chi connectivity index (χ1v) is 9.21. The van der Waals surface area contributed by atoms with Crippen LogP contribution < -0.4 is 5.32 Å². The fourth-order valence-electron chi connectivity index (χ4n) is 2.90. The van der Waals surface area contributed by atoms with Crippen molar-refractivity contribution in [2.24, 2.45) is 0 Å². The monoisotopic (exact) mass is 396 g/mol. The summed E-state index contributed by atoms with van der Waals surface area (Å²) in [5.41, 5.74) is 5.04. The molecule has 6 heteroatoms. The van der Waals surface area contributed by atoms with Crippen LogP contribution in [0.1, 0.15) is 27.3 Å². The van der Waals surface area contributed by atoms with Crippen molar-refractivity contribution in [3.8, 4) is 5.69 Å². The zero-order valence-corrected chi connectivity index (χ0v) is 16.7. The summed E-state index contributed by atoms with van der Waals surface area (Å²) in [6.07, 6.45) is 0. The minimum atomic E-state index is -0.551. The number of ether oxygens (including phenoxy) is 1. The molecule has 0 aliphatic carbocycles. The number of aromatic nitrogens is 1. The lowest BCUT2D eigenvalue weighted by Gasteiger charge is -2.10. The van der Waals surface area contributed by atoms with Crippen LogP contribution in [0.15, 0.2) is 54.6 Å². The van der Waals surface area contributed by atoms with Gasteiger partial charge in [0.05, 0.1) is 5.56 Å². The summed E-state index contributed by atoms with van der Waals surface area (Å²) in [6.45, 7) is 5.55. The fraction of sp³-hybridized carbons (Fsp3) is 0.182. The number of anilines is 1. The van der Waals surface area contributed by atoms with Crippen molar-refractivity contribution in [2.45, 2.75) is 20.8 Å². The number of nitrogens with one attached hydrogen (secondary N) is 1. The van der Waals surface area contributed by atoms with Crippen molar-refractivity contribution in [1.29, 1.82) is 0 Å². The highest BCUT2D eigenvalue weighted by Crippen LogP contribution is 2.20. The Morgan fingerprint density at radius 1 is 0.964 bits per heavy atom. The van der Waals surface area contributed by atoms with Gasteiger partial charge in [0.25, 0.3) is 5.91 Å². The molecule has 0 aliphatic heterocycles. The van der Waals surface area contributed by atoms with Gasteiger partial charge in [0.1, 0.15) is 0 Å². The second-order valence-corrected chi connectivity index (χ2v) is 6.99. The van der Waals surface area contributed by atoms with E-state index in [-0.39, 0.29) is 6.61 Å². The van der Waals surface area contributed by atoms with Crippen LogP contribution in [0.25, 0.3) is 5.69 Å². The molecule has 0 fully saturated rings. The summed E-state index contributed by atoms with van der Waals surface area (Å²) in [6, 6.07) is 16.4. The molecule has 1 heterocycles. The first-order chi connectivity index (χ1) is 13.3. The Hall–Kier alpha value is -3.05. The average Bonchev–Trinajstić information content (AvgIpc) is 3.01. The first-order valence-electron chi connectivity index (χ1n) is 8.83. The molecule has 1 N–H and O–H groups in total. The Morgan fingerprint density at radius 3 is 2.21 bits per heavy atom. The van der Waals surface area contributed by atoms with E-state index in [0.29, 0.717) is 16.3 Å². The van der Waals surface area contributed by atoms with Crippen molar-refractivity contribution in [2.75, 3.05) is 11.9 Å². The number of carbonyl (C=O) groups is 2. The first kappa shape index (κ1) is 19.7. The Labute approximate surface area is 168 Å². The smallest absolute Gasteiger partial charge is 0.338 e. The van der Waals surface area contributed by atoms with Crippen molar-refractivity contribution in [1.82, 2.24) is 4.57 Å². The van der Waals surface area contributed by atoms with Gasteiger partial charge in [-0.05, 0) is 74.9 Å². The SMILES string of the molecule is Cc1ccc(NC(=O)COC(=O)c2ccc(-n3c(C)ccc3C)cc2)cc1Cl. The molecule has 1 aromatic heterocycles. The number of aryl methyl sites for hydroxylation is 3. The molecule has 2 aromatic carbocycles. The maximum absolute atomic E-state index is 12.2. The van der Waals surface area contributed by atoms with Gasteiger partial charge in [-0.15, -0.1) is 0 Å². The number of esters is 1. The lowest BCUT2D eigenvalue weighted by atomic mass is 10.2. The summed E-state index contributed by atoms with van der Waals surface area (Å²) in [4.78, 5) is 24.2. The van der Waals surface area contributed by atoms with Crippen molar-refractivity contribution in [3.05, 3.63) is 82.1 Å². The molecule has 5 nitrogen and oxygen atoms in total. The second-order valence-electron chi connectivity index (χ2n) is 6.59. The lowest BCUT2D eigenvalue weighted by molar-refractivity contribution is -0.119. The Balaban J connectivity index is 1.58. The molecule has 0 atom stereocenters. The van der Waals surface area contributed by atoms with Crippen LogP contribution in [0.5, 0.6) is 0 Å². The van der Waals surface area contributed by atoms with Crippen LogP contribution in [0, 0.1) is 20.8 Å². The van der Waals surface area contributed by atoms with Crippen molar-refractivity contribution >= 4 is 29.2 Å². The van der Waals surface area contributed by atoms with E-state index in [1.54, 1.807) is 30.3 Å². The molecular weight excluding hydrogens is 376 g/mol. The molecule has 28 heavy (non-hydrogen) atoms. The van der Waals surface area contributed by atoms with Gasteiger partial charge in [-0.3, -0.25) is 4.79 Å². The molecular formula is C22H21ClN2O3. The predicted octanol–water partition coefficient (Wildman–Crippen LogP) is 4.85. The highest BCUT2D eigenvalue weighted by Gasteiger charge is 2.12. The summed E-state index contributed by atoms with van der Waals surface area (Å²) in [7, 11) is 0. The zero-order chi connectivity index (χ0) is 20.3. The summed E-state index contributed by atoms with van der Waals surface area (Å²) in [5.74, 6) is -0.979. The highest BCUT2D eigenvalue weighted by molar-refractivity contribution is 6.31. The van der Waals surface area contributed by atoms with E-state index in [4.69, 9.17) is 16.3 Å². The van der Waals surface area contributed by atoms with Gasteiger partial charge < -0.3 is 14.6 Å². The van der Waals surface area contributed by atoms with Crippen molar-refractivity contribution < 1.29 is 14.3 Å². The molecule has 3 aromatic rings. The maximum Gasteiger partial charge on any atom is 0.338 e. The van der Waals surface area contributed by atoms with Gasteiger partial charge in [0.15, 0.2) is 6.61 Å². The maximum atomic E-state index is 12.2. The van der Waals surface area contributed by atoms with Gasteiger partial charge in [-0.25, -0.2) is 4.79 Å². The average molecular weight is 397 g/mol. The Bertz CT molecular complexity index is 1000. The zero-order valence-electron chi connectivity index (χ0n) is 16.0. The number of amides is 1. The van der Waals surface area contributed by atoms with Gasteiger partial charge in [0.2, 0.25) is 0 Å². The molecule has 0 aliphatic rings. The second kappa shape index (κ2) is 8.31. The van der Waals surface area contributed by atoms with Crippen LogP contribution in [-0.4, -0.2) is 23.1 Å². The van der Waals surface area contributed by atoms with E-state index in [1.165, 1.54) is 0 Å². The number of hydrogen-bond donors (Lipinski definition) is 1. The Kier molecular flexibility index (Phi) is 5.85. The number of carbonyl (C=O) groups excluding carboxylic acids is 2. The number of halogens is 1. The molecule has 0 radical (unpaired) electrons. The molecule has 144 valence electrons. The number of rotatable bonds is 5. The standard InChI is InChI=1S/C22H21ClN2O3/c1-14-4-9-18(12-20(14)23)24-21(26)13-28-22(27)17-7-10-19(11-8-17)25-15(2)5-6-16(25)3/h4-12H,13H2,1-3H3,(H,24,26). The van der Waals surface area contributed by atoms with E-state index >= 15 is 0 Å².